The molecule has 0 aliphatic carbocycles. The van der Waals surface area contributed by atoms with Gasteiger partial charge in [-0.1, -0.05) is 17.7 Å². The Labute approximate surface area is 171 Å². The lowest BCUT2D eigenvalue weighted by Gasteiger charge is -2.25. The highest BCUT2D eigenvalue weighted by atomic mass is 32.2. The Hall–Kier alpha value is -2.58. The third kappa shape index (κ3) is 4.38. The minimum Gasteiger partial charge on any atom is -0.467 e. The van der Waals surface area contributed by atoms with Crippen LogP contribution in [0.1, 0.15) is 22.5 Å². The van der Waals surface area contributed by atoms with E-state index in [1.165, 1.54) is 29.6 Å². The molecule has 154 valence electrons. The Bertz CT molecular complexity index is 1230. The number of hydrogen-bond acceptors (Lipinski definition) is 5. The van der Waals surface area contributed by atoms with Crippen molar-refractivity contribution in [2.45, 2.75) is 37.1 Å². The van der Waals surface area contributed by atoms with Crippen molar-refractivity contribution >= 4 is 25.5 Å². The van der Waals surface area contributed by atoms with Crippen LogP contribution in [0.2, 0.25) is 0 Å². The largest absolute Gasteiger partial charge is 0.467 e. The molecule has 0 radical (unpaired) electrons. The second kappa shape index (κ2) is 7.68. The molecule has 0 saturated heterocycles. The average molecular weight is 434 g/mol. The van der Waals surface area contributed by atoms with Crippen LogP contribution >= 0.6 is 0 Å². The van der Waals surface area contributed by atoms with Gasteiger partial charge in [-0.25, -0.2) is 16.8 Å². The van der Waals surface area contributed by atoms with Gasteiger partial charge in [-0.05, 0) is 68.3 Å². The molecule has 0 fully saturated rings. The highest BCUT2D eigenvalue weighted by Gasteiger charge is 2.30. The van der Waals surface area contributed by atoms with Crippen molar-refractivity contribution < 1.29 is 21.3 Å². The smallest absolute Gasteiger partial charge is 0.265 e. The van der Waals surface area contributed by atoms with Crippen LogP contribution in [0.3, 0.4) is 0 Å². The molecule has 0 atom stereocenters. The highest BCUT2D eigenvalue weighted by Crippen LogP contribution is 2.31. The topological polar surface area (TPSA) is 84.7 Å². The summed E-state index contributed by atoms with van der Waals surface area (Å²) >= 11 is 0. The van der Waals surface area contributed by atoms with Crippen molar-refractivity contribution in [2.75, 3.05) is 10.6 Å². The Morgan fingerprint density at radius 3 is 2.03 bits per heavy atom. The second-order valence-electron chi connectivity index (χ2n) is 7.08. The zero-order chi connectivity index (χ0) is 21.4. The van der Waals surface area contributed by atoms with E-state index in [-0.39, 0.29) is 21.9 Å². The monoisotopic (exact) mass is 433 g/mol. The molecule has 3 aromatic rings. The van der Waals surface area contributed by atoms with Crippen LogP contribution in [0.15, 0.2) is 69.0 Å². The van der Waals surface area contributed by atoms with E-state index in [0.29, 0.717) is 17.0 Å². The van der Waals surface area contributed by atoms with Crippen LogP contribution in [-0.4, -0.2) is 23.1 Å². The van der Waals surface area contributed by atoms with Gasteiger partial charge >= 0.3 is 0 Å². The maximum absolute atomic E-state index is 13.7. The van der Waals surface area contributed by atoms with Crippen LogP contribution in [0.4, 0.5) is 5.69 Å². The predicted octanol–water partition coefficient (Wildman–Crippen LogP) is 4.00. The molecule has 1 aromatic heterocycles. The van der Waals surface area contributed by atoms with Gasteiger partial charge in [-0.2, -0.15) is 0 Å². The number of aryl methyl sites for hydroxylation is 2. The number of furan rings is 1. The van der Waals surface area contributed by atoms with E-state index >= 15 is 0 Å². The van der Waals surface area contributed by atoms with E-state index in [1.54, 1.807) is 31.2 Å². The predicted molar refractivity (Wildman–Crippen MR) is 112 cm³/mol. The molecule has 0 N–H and O–H groups in total. The molecule has 3 rings (SSSR count). The molecule has 1 heterocycles. The third-order valence-corrected chi connectivity index (χ3v) is 7.75. The molecule has 29 heavy (non-hydrogen) atoms. The molecule has 6 nitrogen and oxygen atoms in total. The first-order valence-electron chi connectivity index (χ1n) is 8.93. The van der Waals surface area contributed by atoms with Crippen molar-refractivity contribution in [1.82, 2.24) is 0 Å². The first-order chi connectivity index (χ1) is 13.5. The summed E-state index contributed by atoms with van der Waals surface area (Å²) < 4.78 is 58.4. The molecule has 2 aromatic carbocycles. The van der Waals surface area contributed by atoms with Gasteiger partial charge < -0.3 is 4.42 Å². The Balaban J connectivity index is 2.22. The maximum Gasteiger partial charge on any atom is 0.265 e. The Kier molecular flexibility index (Phi) is 5.60. The fourth-order valence-corrected chi connectivity index (χ4v) is 6.03. The quantitative estimate of drug-likeness (QED) is 0.586. The summed E-state index contributed by atoms with van der Waals surface area (Å²) in [6.07, 6.45) is 2.56. The number of anilines is 1. The number of nitrogens with zero attached hydrogens (tertiary/aromatic N) is 1. The summed E-state index contributed by atoms with van der Waals surface area (Å²) in [6, 6.07) is 13.5. The Morgan fingerprint density at radius 2 is 1.48 bits per heavy atom. The number of hydrogen-bond donors (Lipinski definition) is 0. The third-order valence-electron chi connectivity index (χ3n) is 4.63. The summed E-state index contributed by atoms with van der Waals surface area (Å²) in [5, 5.41) is 0. The molecule has 0 spiro atoms. The fraction of sp³-hybridized carbons (Fsp3) is 0.238. The molecule has 8 heteroatoms. The van der Waals surface area contributed by atoms with Crippen LogP contribution in [0, 0.1) is 20.8 Å². The van der Waals surface area contributed by atoms with Gasteiger partial charge in [-0.15, -0.1) is 0 Å². The van der Waals surface area contributed by atoms with Crippen molar-refractivity contribution in [3.05, 3.63) is 77.2 Å². The number of sulfone groups is 1. The summed E-state index contributed by atoms with van der Waals surface area (Å²) in [7, 11) is -7.66. The zero-order valence-electron chi connectivity index (χ0n) is 16.7. The lowest BCUT2D eigenvalue weighted by atomic mass is 10.2. The van der Waals surface area contributed by atoms with Gasteiger partial charge in [0.2, 0.25) is 0 Å². The fourth-order valence-electron chi connectivity index (χ4n) is 3.14. The molecule has 0 aliphatic heterocycles. The number of rotatable bonds is 6. The Morgan fingerprint density at radius 1 is 0.862 bits per heavy atom. The van der Waals surface area contributed by atoms with Crippen molar-refractivity contribution in [2.24, 2.45) is 0 Å². The van der Waals surface area contributed by atoms with Crippen molar-refractivity contribution in [1.29, 1.82) is 0 Å². The average Bonchev–Trinajstić information content (AvgIpc) is 3.14. The minimum atomic E-state index is -4.07. The van der Waals surface area contributed by atoms with E-state index in [0.717, 1.165) is 11.8 Å². The summed E-state index contributed by atoms with van der Waals surface area (Å²) in [5.74, 6) is 0.475. The minimum absolute atomic E-state index is 0.0120. The lowest BCUT2D eigenvalue weighted by molar-refractivity contribution is 0.508. The SMILES string of the molecule is Cc1ccc(N(Cc2ccco2)S(=O)(=O)c2cc(C)cc(S(C)(=O)=O)c2C)cc1. The van der Waals surface area contributed by atoms with Gasteiger partial charge in [0, 0.05) is 6.26 Å². The van der Waals surface area contributed by atoms with Crippen LogP contribution in [-0.2, 0) is 26.4 Å². The van der Waals surface area contributed by atoms with Gasteiger partial charge in [-0.3, -0.25) is 4.31 Å². The van der Waals surface area contributed by atoms with Crippen LogP contribution < -0.4 is 4.31 Å². The van der Waals surface area contributed by atoms with Gasteiger partial charge in [0.05, 0.1) is 28.3 Å². The first kappa shape index (κ1) is 21.1. The molecule has 0 bridgehead atoms. The van der Waals surface area contributed by atoms with E-state index in [4.69, 9.17) is 4.42 Å². The van der Waals surface area contributed by atoms with Crippen LogP contribution in [0.5, 0.6) is 0 Å². The number of sulfonamides is 1. The van der Waals surface area contributed by atoms with Gasteiger partial charge in [0.15, 0.2) is 9.84 Å². The van der Waals surface area contributed by atoms with Crippen LogP contribution in [0.25, 0.3) is 0 Å². The van der Waals surface area contributed by atoms with Gasteiger partial charge in [0.25, 0.3) is 10.0 Å². The van der Waals surface area contributed by atoms with E-state index in [1.807, 2.05) is 19.1 Å². The van der Waals surface area contributed by atoms with Crippen molar-refractivity contribution in [3.63, 3.8) is 0 Å². The highest BCUT2D eigenvalue weighted by molar-refractivity contribution is 7.93. The normalized spacial score (nSPS) is 12.1. The van der Waals surface area contributed by atoms with Crippen molar-refractivity contribution in [3.8, 4) is 0 Å². The molecular weight excluding hydrogens is 410 g/mol. The summed E-state index contributed by atoms with van der Waals surface area (Å²) in [5.41, 5.74) is 2.22. The molecule has 0 unspecified atom stereocenters. The standard InChI is InChI=1S/C21H23NO5S2/c1-15-7-9-18(10-8-15)22(14-19-6-5-11-27-19)29(25,26)21-13-16(2)12-20(17(21)3)28(4,23)24/h5-13H,14H2,1-4H3. The second-order valence-corrected chi connectivity index (χ2v) is 10.9. The summed E-state index contributed by atoms with van der Waals surface area (Å²) in [4.78, 5) is -0.0250. The first-order valence-corrected chi connectivity index (χ1v) is 12.3. The molecule has 0 saturated carbocycles. The zero-order valence-corrected chi connectivity index (χ0v) is 18.3. The molecular formula is C21H23NO5S2. The molecule has 0 amide bonds. The van der Waals surface area contributed by atoms with E-state index in [9.17, 15) is 16.8 Å². The van der Waals surface area contributed by atoms with E-state index < -0.39 is 19.9 Å². The molecule has 0 aliphatic rings. The van der Waals surface area contributed by atoms with Gasteiger partial charge in [0.1, 0.15) is 5.76 Å². The summed E-state index contributed by atoms with van der Waals surface area (Å²) in [6.45, 7) is 5.09. The lowest BCUT2D eigenvalue weighted by Crippen LogP contribution is -2.31. The number of benzene rings is 2. The van der Waals surface area contributed by atoms with E-state index in [2.05, 4.69) is 0 Å². The maximum atomic E-state index is 13.7.